The Hall–Kier alpha value is -2.94. The van der Waals surface area contributed by atoms with Crippen LogP contribution in [0.25, 0.3) is 43.1 Å². The molecular formula is C12H10N6-2. The SMILES string of the molecule is [N-]=[N+]=[N-].[N-]=[N+]=[N-].c1ccc(-c2ccccc2)cc1. The van der Waals surface area contributed by atoms with Crippen LogP contribution in [0.4, 0.5) is 0 Å². The summed E-state index contributed by atoms with van der Waals surface area (Å²) in [5, 5.41) is 0. The molecule has 0 radical (unpaired) electrons. The van der Waals surface area contributed by atoms with Crippen molar-refractivity contribution in [1.29, 1.82) is 0 Å². The van der Waals surface area contributed by atoms with Crippen LogP contribution >= 0.6 is 0 Å². The monoisotopic (exact) mass is 238 g/mol. The Kier molecular flexibility index (Phi) is 8.85. The summed E-state index contributed by atoms with van der Waals surface area (Å²) in [4.78, 5) is 3.00. The van der Waals surface area contributed by atoms with Crippen molar-refractivity contribution in [2.75, 3.05) is 0 Å². The van der Waals surface area contributed by atoms with Gasteiger partial charge in [0.05, 0.1) is 0 Å². The van der Waals surface area contributed by atoms with Gasteiger partial charge in [-0.2, -0.15) is 0 Å². The molecule has 18 heavy (non-hydrogen) atoms. The summed E-state index contributed by atoms with van der Waals surface area (Å²) in [7, 11) is 0. The first kappa shape index (κ1) is 15.1. The Balaban J connectivity index is 0.000000414. The first-order valence-electron chi connectivity index (χ1n) is 4.87. The van der Waals surface area contributed by atoms with Crippen molar-refractivity contribution in [3.8, 4) is 11.1 Å². The van der Waals surface area contributed by atoms with Crippen molar-refractivity contribution in [3.05, 3.63) is 92.6 Å². The third kappa shape index (κ3) is 6.53. The highest BCUT2D eigenvalue weighted by molar-refractivity contribution is 5.62. The van der Waals surface area contributed by atoms with Crippen LogP contribution in [0.2, 0.25) is 0 Å². The number of hydrogen-bond donors (Lipinski definition) is 0. The molecular weight excluding hydrogens is 228 g/mol. The lowest BCUT2D eigenvalue weighted by Gasteiger charge is -1.98. The van der Waals surface area contributed by atoms with Crippen molar-refractivity contribution in [3.63, 3.8) is 0 Å². The summed E-state index contributed by atoms with van der Waals surface area (Å²) < 4.78 is 0. The lowest BCUT2D eigenvalue weighted by molar-refractivity contribution is 1.62. The van der Waals surface area contributed by atoms with E-state index in [-0.39, 0.29) is 0 Å². The summed E-state index contributed by atoms with van der Waals surface area (Å²) in [5.41, 5.74) is 29.6. The molecule has 0 amide bonds. The molecule has 0 spiro atoms. The van der Waals surface area contributed by atoms with E-state index in [2.05, 4.69) is 48.5 Å². The topological polar surface area (TPSA) is 117 Å². The zero-order chi connectivity index (χ0) is 13.6. The van der Waals surface area contributed by atoms with Gasteiger partial charge in [-0.05, 0) is 11.1 Å². The minimum atomic E-state index is 1.28. The molecule has 0 aliphatic rings. The molecule has 0 N–H and O–H groups in total. The van der Waals surface area contributed by atoms with Crippen molar-refractivity contribution in [2.24, 2.45) is 0 Å². The van der Waals surface area contributed by atoms with E-state index >= 15 is 0 Å². The van der Waals surface area contributed by atoms with Crippen molar-refractivity contribution in [1.82, 2.24) is 0 Å². The van der Waals surface area contributed by atoms with Gasteiger partial charge in [-0.25, -0.2) is 0 Å². The Morgan fingerprint density at radius 1 is 0.500 bits per heavy atom. The number of benzene rings is 2. The van der Waals surface area contributed by atoms with Gasteiger partial charge in [-0.15, -0.1) is 0 Å². The van der Waals surface area contributed by atoms with E-state index in [1.54, 1.807) is 0 Å². The van der Waals surface area contributed by atoms with Crippen LogP contribution in [0, 0.1) is 0 Å². The molecule has 0 unspecified atom stereocenters. The van der Waals surface area contributed by atoms with Crippen molar-refractivity contribution in [2.45, 2.75) is 0 Å². The van der Waals surface area contributed by atoms with Gasteiger partial charge in [0.25, 0.3) is 0 Å². The number of hydrogen-bond acceptors (Lipinski definition) is 0. The largest absolute Gasteiger partial charge is 0.373 e. The third-order valence-corrected chi connectivity index (χ3v) is 1.88. The standard InChI is InChI=1S/C12H10.2N3/c1-3-7-11(8-4-1)12-9-5-2-6-10-12;2*1-3-2/h1-10H;;/q;2*-1. The zero-order valence-corrected chi connectivity index (χ0v) is 9.46. The van der Waals surface area contributed by atoms with Gasteiger partial charge >= 0.3 is 0 Å². The van der Waals surface area contributed by atoms with Crippen LogP contribution in [-0.2, 0) is 0 Å². The fraction of sp³-hybridized carbons (Fsp3) is 0. The van der Waals surface area contributed by atoms with Gasteiger partial charge < -0.3 is 22.1 Å². The maximum absolute atomic E-state index is 6.75. The number of rotatable bonds is 1. The molecule has 0 atom stereocenters. The van der Waals surface area contributed by atoms with Crippen LogP contribution in [-0.4, -0.2) is 0 Å². The molecule has 2 aromatic rings. The molecule has 0 saturated heterocycles. The molecule has 0 fully saturated rings. The van der Waals surface area contributed by atoms with Crippen molar-refractivity contribution < 1.29 is 0 Å². The maximum Gasteiger partial charge on any atom is -0.0184 e. The van der Waals surface area contributed by atoms with E-state index in [4.69, 9.17) is 22.1 Å². The van der Waals surface area contributed by atoms with E-state index in [1.165, 1.54) is 21.0 Å². The van der Waals surface area contributed by atoms with E-state index in [0.29, 0.717) is 0 Å². The first-order valence-corrected chi connectivity index (χ1v) is 4.87. The molecule has 6 heteroatoms. The summed E-state index contributed by atoms with van der Waals surface area (Å²) in [6.07, 6.45) is 0. The lowest BCUT2D eigenvalue weighted by atomic mass is 10.1. The van der Waals surface area contributed by atoms with Gasteiger partial charge in [-0.1, -0.05) is 60.7 Å². The minimum Gasteiger partial charge on any atom is -0.373 e. The second kappa shape index (κ2) is 10.6. The predicted molar refractivity (Wildman–Crippen MR) is 72.0 cm³/mol. The molecule has 2 rings (SSSR count). The average Bonchev–Trinajstić information content (AvgIpc) is 2.43. The fourth-order valence-electron chi connectivity index (χ4n) is 1.26. The minimum absolute atomic E-state index is 1.28. The normalized spacial score (nSPS) is 7.33. The average molecular weight is 238 g/mol. The summed E-state index contributed by atoms with van der Waals surface area (Å²) in [6.45, 7) is 0. The Labute approximate surface area is 104 Å². The molecule has 0 saturated carbocycles. The number of nitrogens with zero attached hydrogens (tertiary/aromatic N) is 6. The third-order valence-electron chi connectivity index (χ3n) is 1.88. The maximum atomic E-state index is 6.75. The van der Waals surface area contributed by atoms with Crippen LogP contribution in [0.15, 0.2) is 60.7 Å². The van der Waals surface area contributed by atoms with E-state index in [9.17, 15) is 0 Å². The molecule has 0 bridgehead atoms. The molecule has 6 nitrogen and oxygen atoms in total. The molecule has 0 aliphatic carbocycles. The van der Waals surface area contributed by atoms with Gasteiger partial charge in [0.1, 0.15) is 0 Å². The Bertz CT molecular complexity index is 447. The summed E-state index contributed by atoms with van der Waals surface area (Å²) in [6, 6.07) is 20.8. The highest BCUT2D eigenvalue weighted by atomic mass is 15.0. The second-order valence-electron chi connectivity index (χ2n) is 2.91. The second-order valence-corrected chi connectivity index (χ2v) is 2.91. The summed E-state index contributed by atoms with van der Waals surface area (Å²) in [5.74, 6) is 0. The highest BCUT2D eigenvalue weighted by Gasteiger charge is 1.91. The molecule has 0 aromatic heterocycles. The smallest absolute Gasteiger partial charge is 0.0184 e. The van der Waals surface area contributed by atoms with Gasteiger partial charge in [0.15, 0.2) is 0 Å². The predicted octanol–water partition coefficient (Wildman–Crippen LogP) is 5.09. The summed E-state index contributed by atoms with van der Waals surface area (Å²) >= 11 is 0. The van der Waals surface area contributed by atoms with Gasteiger partial charge in [0, 0.05) is 0 Å². The quantitative estimate of drug-likeness (QED) is 0.374. The fourth-order valence-corrected chi connectivity index (χ4v) is 1.26. The zero-order valence-electron chi connectivity index (χ0n) is 9.46. The molecule has 90 valence electrons. The van der Waals surface area contributed by atoms with Crippen LogP contribution in [0.1, 0.15) is 0 Å². The van der Waals surface area contributed by atoms with Crippen LogP contribution in [0.5, 0.6) is 0 Å². The molecule has 0 heterocycles. The van der Waals surface area contributed by atoms with Gasteiger partial charge in [0.2, 0.25) is 0 Å². The Morgan fingerprint density at radius 3 is 0.944 bits per heavy atom. The molecule has 0 aliphatic heterocycles. The van der Waals surface area contributed by atoms with Crippen LogP contribution < -0.4 is 0 Å². The van der Waals surface area contributed by atoms with E-state index in [1.807, 2.05) is 12.1 Å². The van der Waals surface area contributed by atoms with Gasteiger partial charge in [-0.3, -0.25) is 9.82 Å². The van der Waals surface area contributed by atoms with Crippen LogP contribution in [0.3, 0.4) is 0 Å². The molecule has 2 aromatic carbocycles. The Morgan fingerprint density at radius 2 is 0.722 bits per heavy atom. The lowest BCUT2D eigenvalue weighted by Crippen LogP contribution is -1.73. The first-order chi connectivity index (χ1) is 8.79. The highest BCUT2D eigenvalue weighted by Crippen LogP contribution is 2.17. The van der Waals surface area contributed by atoms with Crippen molar-refractivity contribution >= 4 is 0 Å². The van der Waals surface area contributed by atoms with E-state index in [0.717, 1.165) is 0 Å². The van der Waals surface area contributed by atoms with E-state index < -0.39 is 0 Å².